The molecule has 9 nitrogen and oxygen atoms in total. The van der Waals surface area contributed by atoms with Crippen LogP contribution in [0.25, 0.3) is 27.7 Å². The Labute approximate surface area is 254 Å². The van der Waals surface area contributed by atoms with E-state index in [1.54, 1.807) is 23.2 Å². The lowest BCUT2D eigenvalue weighted by Gasteiger charge is -2.33. The van der Waals surface area contributed by atoms with Crippen molar-refractivity contribution in [1.29, 1.82) is 5.26 Å². The van der Waals surface area contributed by atoms with Crippen molar-refractivity contribution in [2.24, 2.45) is 5.92 Å². The summed E-state index contributed by atoms with van der Waals surface area (Å²) >= 11 is 0. The molecule has 1 unspecified atom stereocenters. The lowest BCUT2D eigenvalue weighted by atomic mass is 9.99. The molecule has 0 spiro atoms. The predicted molar refractivity (Wildman–Crippen MR) is 163 cm³/mol. The summed E-state index contributed by atoms with van der Waals surface area (Å²) in [7, 11) is 1.37. The van der Waals surface area contributed by atoms with Gasteiger partial charge in [-0.3, -0.25) is 19.2 Å². The van der Waals surface area contributed by atoms with Gasteiger partial charge < -0.3 is 9.47 Å². The summed E-state index contributed by atoms with van der Waals surface area (Å²) in [6.07, 6.45) is 4.55. The molecule has 1 amide bonds. The number of carbonyl (C=O) groups is 1. The van der Waals surface area contributed by atoms with E-state index < -0.39 is 29.1 Å². The van der Waals surface area contributed by atoms with E-state index >= 15 is 4.39 Å². The van der Waals surface area contributed by atoms with Crippen LogP contribution in [-0.2, 0) is 4.74 Å². The molecule has 0 bridgehead atoms. The summed E-state index contributed by atoms with van der Waals surface area (Å²) in [5.41, 5.74) is 1.76. The standard InChI is InChI=1S/C34H34FN5O4/c1-19-9-10-22(18-37-19)24-13-20(17-36)14-25-30(24)38-31(39(32(25)41)23-11-12-29(43-5)26(35)16-23)28-15-21-7-6-8-27(21)40(28)33(42)44-34(2,3)4/h9-14,16,18,21,27-28H,6-8,15H2,1-5H3/t21-,27-,28?/m0/s1. The van der Waals surface area contributed by atoms with E-state index in [-0.39, 0.29) is 34.3 Å². The largest absolute Gasteiger partial charge is 0.494 e. The molecule has 1 aliphatic heterocycles. The number of hydrogen-bond acceptors (Lipinski definition) is 7. The number of nitrogens with zero attached hydrogens (tertiary/aromatic N) is 5. The van der Waals surface area contributed by atoms with Crippen molar-refractivity contribution < 1.29 is 18.7 Å². The van der Waals surface area contributed by atoms with Crippen molar-refractivity contribution in [2.45, 2.75) is 71.1 Å². The molecule has 4 aromatic rings. The van der Waals surface area contributed by atoms with Gasteiger partial charge in [0.1, 0.15) is 11.4 Å². The van der Waals surface area contributed by atoms with Gasteiger partial charge in [-0.1, -0.05) is 12.5 Å². The summed E-state index contributed by atoms with van der Waals surface area (Å²) in [4.78, 5) is 39.6. The van der Waals surface area contributed by atoms with Gasteiger partial charge in [0.25, 0.3) is 5.56 Å². The second kappa shape index (κ2) is 11.1. The number of likely N-dealkylation sites (tertiary alicyclic amines) is 1. The number of benzene rings is 2. The number of nitriles is 1. The van der Waals surface area contributed by atoms with Gasteiger partial charge >= 0.3 is 6.09 Å². The molecule has 10 heteroatoms. The number of fused-ring (bicyclic) bond motifs is 2. The zero-order valence-corrected chi connectivity index (χ0v) is 25.4. The van der Waals surface area contributed by atoms with Crippen LogP contribution in [0.15, 0.2) is 53.5 Å². The fourth-order valence-electron chi connectivity index (χ4n) is 6.58. The van der Waals surface area contributed by atoms with Crippen LogP contribution < -0.4 is 10.3 Å². The average molecular weight is 596 g/mol. The highest BCUT2D eigenvalue weighted by atomic mass is 19.1. The fourth-order valence-corrected chi connectivity index (χ4v) is 6.58. The van der Waals surface area contributed by atoms with Gasteiger partial charge in [-0.15, -0.1) is 0 Å². The molecule has 226 valence electrons. The van der Waals surface area contributed by atoms with Crippen LogP contribution in [0, 0.1) is 30.0 Å². The van der Waals surface area contributed by atoms with Gasteiger partial charge in [-0.2, -0.15) is 5.26 Å². The molecule has 2 aromatic heterocycles. The number of ether oxygens (including phenoxy) is 2. The Morgan fingerprint density at radius 3 is 2.59 bits per heavy atom. The van der Waals surface area contributed by atoms with Crippen molar-refractivity contribution in [2.75, 3.05) is 7.11 Å². The molecule has 44 heavy (non-hydrogen) atoms. The van der Waals surface area contributed by atoms with Gasteiger partial charge in [0.15, 0.2) is 11.6 Å². The Morgan fingerprint density at radius 1 is 1.14 bits per heavy atom. The third kappa shape index (κ3) is 5.17. The Bertz CT molecular complexity index is 1870. The summed E-state index contributed by atoms with van der Waals surface area (Å²) < 4.78 is 27.5. The summed E-state index contributed by atoms with van der Waals surface area (Å²) in [5, 5.41) is 10.1. The van der Waals surface area contributed by atoms with Crippen molar-refractivity contribution in [1.82, 2.24) is 19.4 Å². The van der Waals surface area contributed by atoms with E-state index in [2.05, 4.69) is 11.1 Å². The third-order valence-electron chi connectivity index (χ3n) is 8.48. The summed E-state index contributed by atoms with van der Waals surface area (Å²) in [6.45, 7) is 7.34. The number of amides is 1. The molecule has 3 heterocycles. The highest BCUT2D eigenvalue weighted by Gasteiger charge is 2.49. The van der Waals surface area contributed by atoms with Crippen LogP contribution in [0.4, 0.5) is 9.18 Å². The van der Waals surface area contributed by atoms with E-state index in [9.17, 15) is 14.9 Å². The van der Waals surface area contributed by atoms with Crippen LogP contribution in [0.1, 0.15) is 69.6 Å². The smallest absolute Gasteiger partial charge is 0.411 e. The second-order valence-electron chi connectivity index (χ2n) is 12.5. The zero-order valence-electron chi connectivity index (χ0n) is 25.4. The number of rotatable bonds is 4. The average Bonchev–Trinajstić information content (AvgIpc) is 3.58. The molecule has 2 aromatic carbocycles. The molecule has 1 aliphatic carbocycles. The monoisotopic (exact) mass is 595 g/mol. The van der Waals surface area contributed by atoms with Gasteiger partial charge in [-0.05, 0) is 83.2 Å². The highest BCUT2D eigenvalue weighted by Crippen LogP contribution is 2.48. The fraction of sp³-hybridized carbons (Fsp3) is 0.382. The Hall–Kier alpha value is -4.78. The van der Waals surface area contributed by atoms with Crippen LogP contribution >= 0.6 is 0 Å². The molecule has 2 fully saturated rings. The number of pyridine rings is 1. The molecule has 1 saturated heterocycles. The molecule has 1 saturated carbocycles. The Balaban J connectivity index is 1.66. The van der Waals surface area contributed by atoms with Crippen LogP contribution in [-0.4, -0.2) is 44.3 Å². The maximum atomic E-state index is 15.1. The number of aryl methyl sites for hydroxylation is 1. The van der Waals surface area contributed by atoms with Crippen molar-refractivity contribution in [3.05, 3.63) is 81.9 Å². The van der Waals surface area contributed by atoms with Crippen molar-refractivity contribution >= 4 is 17.0 Å². The van der Waals surface area contributed by atoms with Gasteiger partial charge in [-0.25, -0.2) is 14.2 Å². The Kier molecular flexibility index (Phi) is 7.36. The lowest BCUT2D eigenvalue weighted by molar-refractivity contribution is 0.0128. The number of hydrogen-bond donors (Lipinski definition) is 0. The first-order valence-electron chi connectivity index (χ1n) is 14.8. The Morgan fingerprint density at radius 2 is 1.93 bits per heavy atom. The molecular weight excluding hydrogens is 561 g/mol. The zero-order chi connectivity index (χ0) is 31.3. The molecule has 6 rings (SSSR count). The van der Waals surface area contributed by atoms with Gasteiger partial charge in [0.05, 0.1) is 41.4 Å². The number of methoxy groups -OCH3 is 1. The SMILES string of the molecule is COc1ccc(-n2c(C3C[C@@H]4CCC[C@@H]4N3C(=O)OC(C)(C)C)nc3c(-c4ccc(C)nc4)cc(C#N)cc3c2=O)cc1F. The lowest BCUT2D eigenvalue weighted by Crippen LogP contribution is -2.43. The quantitative estimate of drug-likeness (QED) is 0.261. The van der Waals surface area contributed by atoms with E-state index in [1.165, 1.54) is 29.9 Å². The van der Waals surface area contributed by atoms with E-state index in [1.807, 2.05) is 39.8 Å². The van der Waals surface area contributed by atoms with E-state index in [0.29, 0.717) is 28.9 Å². The second-order valence-corrected chi connectivity index (χ2v) is 12.5. The minimum atomic E-state index is -0.729. The first-order chi connectivity index (χ1) is 21.0. The number of halogens is 1. The number of aromatic nitrogens is 3. The summed E-state index contributed by atoms with van der Waals surface area (Å²) in [5.74, 6) is -0.0995. The molecule has 0 N–H and O–H groups in total. The van der Waals surface area contributed by atoms with Crippen molar-refractivity contribution in [3.63, 3.8) is 0 Å². The molecular formula is C34H34FN5O4. The van der Waals surface area contributed by atoms with Crippen LogP contribution in [0.5, 0.6) is 5.75 Å². The highest BCUT2D eigenvalue weighted by molar-refractivity contribution is 5.94. The minimum Gasteiger partial charge on any atom is -0.494 e. The van der Waals surface area contributed by atoms with Crippen LogP contribution in [0.3, 0.4) is 0 Å². The van der Waals surface area contributed by atoms with Gasteiger partial charge in [0, 0.05) is 35.1 Å². The summed E-state index contributed by atoms with van der Waals surface area (Å²) in [6, 6.07) is 12.7. The topological polar surface area (TPSA) is 110 Å². The van der Waals surface area contributed by atoms with Gasteiger partial charge in [0.2, 0.25) is 0 Å². The van der Waals surface area contributed by atoms with E-state index in [0.717, 1.165) is 25.0 Å². The number of carbonyl (C=O) groups excluding carboxylic acids is 1. The molecule has 2 aliphatic rings. The first-order valence-corrected chi connectivity index (χ1v) is 14.8. The predicted octanol–water partition coefficient (Wildman–Crippen LogP) is 6.63. The third-order valence-corrected chi connectivity index (χ3v) is 8.48. The van der Waals surface area contributed by atoms with Crippen molar-refractivity contribution in [3.8, 4) is 28.6 Å². The normalized spacial score (nSPS) is 19.6. The molecule has 3 atom stereocenters. The van der Waals surface area contributed by atoms with E-state index in [4.69, 9.17) is 14.5 Å². The van der Waals surface area contributed by atoms with Crippen LogP contribution in [0.2, 0.25) is 0 Å². The first kappa shape index (κ1) is 29.3. The maximum Gasteiger partial charge on any atom is 0.411 e. The molecule has 0 radical (unpaired) electrons. The minimum absolute atomic E-state index is 0.0313. The maximum absolute atomic E-state index is 15.1.